The molecule has 0 saturated heterocycles. The molecular formula is C15H21N5O3S. The van der Waals surface area contributed by atoms with E-state index >= 15 is 0 Å². The first kappa shape index (κ1) is 18.1. The van der Waals surface area contributed by atoms with E-state index < -0.39 is 22.0 Å². The minimum Gasteiger partial charge on any atom is -0.294 e. The summed E-state index contributed by atoms with van der Waals surface area (Å²) in [5.74, 6) is -0.198. The quantitative estimate of drug-likeness (QED) is 0.698. The Labute approximate surface area is 141 Å². The van der Waals surface area contributed by atoms with Crippen LogP contribution >= 0.6 is 0 Å². The van der Waals surface area contributed by atoms with Crippen LogP contribution in [0, 0.1) is 12.8 Å². The van der Waals surface area contributed by atoms with Gasteiger partial charge in [0.15, 0.2) is 0 Å². The first-order valence-electron chi connectivity index (χ1n) is 7.53. The molecule has 1 aromatic carbocycles. The fourth-order valence-electron chi connectivity index (χ4n) is 2.12. The third kappa shape index (κ3) is 4.87. The molecule has 3 N–H and O–H groups in total. The van der Waals surface area contributed by atoms with Crippen LogP contribution in [0.25, 0.3) is 0 Å². The zero-order chi connectivity index (χ0) is 17.7. The monoisotopic (exact) mass is 351 g/mol. The van der Waals surface area contributed by atoms with E-state index in [1.54, 1.807) is 12.1 Å². The summed E-state index contributed by atoms with van der Waals surface area (Å²) in [5, 5.41) is 8.66. The average Bonchev–Trinajstić information content (AvgIpc) is 2.99. The van der Waals surface area contributed by atoms with Crippen molar-refractivity contribution in [2.45, 2.75) is 38.1 Å². The number of carbonyl (C=O) groups is 1. The molecular weight excluding hydrogens is 330 g/mol. The highest BCUT2D eigenvalue weighted by Gasteiger charge is 2.27. The summed E-state index contributed by atoms with van der Waals surface area (Å²) in [5.41, 5.74) is 0.954. The minimum atomic E-state index is -3.80. The molecule has 0 aliphatic heterocycles. The summed E-state index contributed by atoms with van der Waals surface area (Å²) >= 11 is 0. The predicted octanol–water partition coefficient (Wildman–Crippen LogP) is 1.44. The van der Waals surface area contributed by atoms with Crippen LogP contribution in [0.3, 0.4) is 0 Å². The fourth-order valence-corrected chi connectivity index (χ4v) is 3.33. The predicted molar refractivity (Wildman–Crippen MR) is 89.8 cm³/mol. The molecule has 0 radical (unpaired) electrons. The fraction of sp³-hybridized carbons (Fsp3) is 0.400. The molecule has 0 saturated carbocycles. The third-order valence-electron chi connectivity index (χ3n) is 3.31. The molecule has 8 nitrogen and oxygen atoms in total. The van der Waals surface area contributed by atoms with Crippen molar-refractivity contribution < 1.29 is 13.2 Å². The van der Waals surface area contributed by atoms with Gasteiger partial charge in [-0.2, -0.15) is 14.8 Å². The summed E-state index contributed by atoms with van der Waals surface area (Å²) in [6.45, 7) is 5.69. The van der Waals surface area contributed by atoms with Crippen LogP contribution in [0.4, 0.5) is 5.95 Å². The Morgan fingerprint density at radius 3 is 2.46 bits per heavy atom. The normalized spacial score (nSPS) is 13.0. The number of nitrogens with one attached hydrogen (secondary N) is 3. The standard InChI is InChI=1S/C15H21N5O3S/c1-10(2)8-13(14(21)18-15-16-9-17-19-15)20-24(22,23)12-6-4-11(3)5-7-12/h4-7,9-10,13,20H,8H2,1-3H3,(H2,16,17,18,19,21). The number of H-pyrrole nitrogens is 1. The molecule has 24 heavy (non-hydrogen) atoms. The summed E-state index contributed by atoms with van der Waals surface area (Å²) < 4.78 is 27.5. The molecule has 1 unspecified atom stereocenters. The van der Waals surface area contributed by atoms with Crippen LogP contribution in [0.15, 0.2) is 35.5 Å². The Kier molecular flexibility index (Phi) is 5.68. The average molecular weight is 351 g/mol. The maximum absolute atomic E-state index is 12.5. The lowest BCUT2D eigenvalue weighted by molar-refractivity contribution is -0.118. The van der Waals surface area contributed by atoms with Gasteiger partial charge in [0.25, 0.3) is 0 Å². The highest BCUT2D eigenvalue weighted by atomic mass is 32.2. The Morgan fingerprint density at radius 2 is 1.92 bits per heavy atom. The number of hydrogen-bond acceptors (Lipinski definition) is 5. The van der Waals surface area contributed by atoms with Crippen molar-refractivity contribution in [3.8, 4) is 0 Å². The van der Waals surface area contributed by atoms with Crippen LogP contribution in [0.1, 0.15) is 25.8 Å². The highest BCUT2D eigenvalue weighted by molar-refractivity contribution is 7.89. The number of benzene rings is 1. The van der Waals surface area contributed by atoms with Crippen molar-refractivity contribution in [2.75, 3.05) is 5.32 Å². The third-order valence-corrected chi connectivity index (χ3v) is 4.80. The number of nitrogens with zero attached hydrogens (tertiary/aromatic N) is 2. The van der Waals surface area contributed by atoms with Gasteiger partial charge >= 0.3 is 0 Å². The molecule has 130 valence electrons. The minimum absolute atomic E-state index is 0.120. The number of anilines is 1. The summed E-state index contributed by atoms with van der Waals surface area (Å²) in [4.78, 5) is 16.3. The van der Waals surface area contributed by atoms with Crippen molar-refractivity contribution in [3.05, 3.63) is 36.2 Å². The first-order chi connectivity index (χ1) is 11.3. The summed E-state index contributed by atoms with van der Waals surface area (Å²) in [7, 11) is -3.80. The molecule has 1 heterocycles. The van der Waals surface area contributed by atoms with Gasteiger partial charge in [0, 0.05) is 0 Å². The zero-order valence-corrected chi connectivity index (χ0v) is 14.6. The number of rotatable bonds is 7. The molecule has 2 aromatic rings. The van der Waals surface area contributed by atoms with E-state index in [9.17, 15) is 13.2 Å². The number of aryl methyl sites for hydroxylation is 1. The first-order valence-corrected chi connectivity index (χ1v) is 9.01. The van der Waals surface area contributed by atoms with Gasteiger partial charge in [0.2, 0.25) is 21.9 Å². The highest BCUT2D eigenvalue weighted by Crippen LogP contribution is 2.14. The van der Waals surface area contributed by atoms with Gasteiger partial charge < -0.3 is 0 Å². The topological polar surface area (TPSA) is 117 Å². The van der Waals surface area contributed by atoms with Gasteiger partial charge in [-0.15, -0.1) is 0 Å². The molecule has 0 fully saturated rings. The van der Waals surface area contributed by atoms with Gasteiger partial charge in [-0.05, 0) is 31.4 Å². The van der Waals surface area contributed by atoms with Crippen LogP contribution in [0.2, 0.25) is 0 Å². The van der Waals surface area contributed by atoms with E-state index in [0.717, 1.165) is 5.56 Å². The molecule has 0 aliphatic rings. The van der Waals surface area contributed by atoms with E-state index in [2.05, 4.69) is 25.2 Å². The summed E-state index contributed by atoms with van der Waals surface area (Å²) in [6, 6.07) is 5.53. The Morgan fingerprint density at radius 1 is 1.25 bits per heavy atom. The lowest BCUT2D eigenvalue weighted by atomic mass is 10.0. The van der Waals surface area contributed by atoms with Crippen LogP contribution in [-0.4, -0.2) is 35.5 Å². The Balaban J connectivity index is 2.18. The zero-order valence-electron chi connectivity index (χ0n) is 13.8. The number of hydrogen-bond donors (Lipinski definition) is 3. The van der Waals surface area contributed by atoms with E-state index in [-0.39, 0.29) is 16.8 Å². The van der Waals surface area contributed by atoms with Gasteiger partial charge in [0.05, 0.1) is 4.90 Å². The largest absolute Gasteiger partial charge is 0.294 e. The molecule has 0 aliphatic carbocycles. The number of aromatic amines is 1. The second-order valence-corrected chi connectivity index (χ2v) is 7.65. The molecule has 0 bridgehead atoms. The lowest BCUT2D eigenvalue weighted by Crippen LogP contribution is -2.44. The van der Waals surface area contributed by atoms with Crippen LogP contribution in [0.5, 0.6) is 0 Å². The molecule has 1 amide bonds. The van der Waals surface area contributed by atoms with E-state index in [4.69, 9.17) is 0 Å². The molecule has 0 spiro atoms. The summed E-state index contributed by atoms with van der Waals surface area (Å²) in [6.07, 6.45) is 1.61. The molecule has 1 aromatic heterocycles. The van der Waals surface area contributed by atoms with Gasteiger partial charge in [-0.3, -0.25) is 10.1 Å². The smallest absolute Gasteiger partial charge is 0.244 e. The van der Waals surface area contributed by atoms with Crippen molar-refractivity contribution in [3.63, 3.8) is 0 Å². The number of sulfonamides is 1. The number of carbonyl (C=O) groups excluding carboxylic acids is 1. The van der Waals surface area contributed by atoms with Crippen molar-refractivity contribution >= 4 is 21.9 Å². The van der Waals surface area contributed by atoms with Crippen molar-refractivity contribution in [2.24, 2.45) is 5.92 Å². The lowest BCUT2D eigenvalue weighted by Gasteiger charge is -2.19. The van der Waals surface area contributed by atoms with Crippen LogP contribution < -0.4 is 10.0 Å². The van der Waals surface area contributed by atoms with E-state index in [1.807, 2.05) is 20.8 Å². The Bertz CT molecular complexity index is 770. The Hall–Kier alpha value is -2.26. The SMILES string of the molecule is Cc1ccc(S(=O)(=O)NC(CC(C)C)C(=O)Nc2ncn[nH]2)cc1. The number of amides is 1. The van der Waals surface area contributed by atoms with Gasteiger partial charge in [-0.25, -0.2) is 13.5 Å². The number of aromatic nitrogens is 3. The maximum Gasteiger partial charge on any atom is 0.244 e. The maximum atomic E-state index is 12.5. The van der Waals surface area contributed by atoms with Gasteiger partial charge in [-0.1, -0.05) is 31.5 Å². The van der Waals surface area contributed by atoms with Gasteiger partial charge in [0.1, 0.15) is 12.4 Å². The van der Waals surface area contributed by atoms with Crippen molar-refractivity contribution in [1.82, 2.24) is 19.9 Å². The second kappa shape index (κ2) is 7.54. The molecule has 9 heteroatoms. The van der Waals surface area contributed by atoms with E-state index in [1.165, 1.54) is 18.5 Å². The molecule has 2 rings (SSSR count). The second-order valence-electron chi connectivity index (χ2n) is 5.94. The van der Waals surface area contributed by atoms with Crippen molar-refractivity contribution in [1.29, 1.82) is 0 Å². The van der Waals surface area contributed by atoms with E-state index in [0.29, 0.717) is 6.42 Å². The van der Waals surface area contributed by atoms with Crippen LogP contribution in [-0.2, 0) is 14.8 Å². The molecule has 1 atom stereocenters.